The minimum absolute atomic E-state index is 0.140. The van der Waals surface area contributed by atoms with Gasteiger partial charge in [-0.1, -0.05) is 37.6 Å². The van der Waals surface area contributed by atoms with Gasteiger partial charge in [-0.2, -0.15) is 0 Å². The maximum atomic E-state index is 12.6. The van der Waals surface area contributed by atoms with Gasteiger partial charge in [0.25, 0.3) is 0 Å². The third-order valence-corrected chi connectivity index (χ3v) is 7.42. The van der Waals surface area contributed by atoms with Gasteiger partial charge in [0, 0.05) is 30.8 Å². The van der Waals surface area contributed by atoms with Gasteiger partial charge in [0.1, 0.15) is 11.9 Å². The number of carbonyl (C=O) groups is 1. The van der Waals surface area contributed by atoms with Crippen molar-refractivity contribution in [3.8, 4) is 5.75 Å². The van der Waals surface area contributed by atoms with Gasteiger partial charge in [-0.15, -0.1) is 0 Å². The highest BCUT2D eigenvalue weighted by molar-refractivity contribution is 5.76. The summed E-state index contributed by atoms with van der Waals surface area (Å²) in [4.78, 5) is 12.6. The Morgan fingerprint density at radius 2 is 2.07 bits per heavy atom. The Hall–Kier alpha value is -1.85. The standard InChI is InChI=1S/C23H31NO4/c1-14-5-4-6-16-11-19-20(21(25)23(14,16)2)18(22(26)28-19)13-24-12-15-7-9-17(27-3)10-8-15/h6-10,14,18-21,24-25H,4-5,11-13H2,1-3H3. The number of fused-ring (bicyclic) bond motifs is 2. The molecule has 1 aliphatic heterocycles. The molecule has 6 atom stereocenters. The second-order valence-corrected chi connectivity index (χ2v) is 8.78. The first kappa shape index (κ1) is 19.5. The lowest BCUT2D eigenvalue weighted by molar-refractivity contribution is -0.144. The van der Waals surface area contributed by atoms with E-state index in [9.17, 15) is 9.90 Å². The number of aliphatic hydroxyl groups is 1. The molecule has 0 radical (unpaired) electrons. The molecule has 1 aromatic rings. The van der Waals surface area contributed by atoms with Gasteiger partial charge in [0.15, 0.2) is 0 Å². The Morgan fingerprint density at radius 3 is 2.79 bits per heavy atom. The summed E-state index contributed by atoms with van der Waals surface area (Å²) in [5.41, 5.74) is 2.16. The molecular formula is C23H31NO4. The van der Waals surface area contributed by atoms with E-state index in [0.29, 0.717) is 19.0 Å². The number of carbonyl (C=O) groups excluding carboxylic acids is 1. The van der Waals surface area contributed by atoms with Crippen molar-refractivity contribution in [1.82, 2.24) is 5.32 Å². The fraction of sp³-hybridized carbons (Fsp3) is 0.609. The molecular weight excluding hydrogens is 354 g/mol. The maximum absolute atomic E-state index is 12.6. The van der Waals surface area contributed by atoms with Crippen molar-refractivity contribution < 1.29 is 19.4 Å². The molecule has 0 amide bonds. The van der Waals surface area contributed by atoms with Crippen LogP contribution < -0.4 is 10.1 Å². The molecule has 5 heteroatoms. The van der Waals surface area contributed by atoms with Gasteiger partial charge in [0.05, 0.1) is 19.1 Å². The number of methoxy groups -OCH3 is 1. The summed E-state index contributed by atoms with van der Waals surface area (Å²) in [5, 5.41) is 14.7. The predicted molar refractivity (Wildman–Crippen MR) is 107 cm³/mol. The minimum atomic E-state index is -0.549. The molecule has 3 aliphatic rings. The van der Waals surface area contributed by atoms with Gasteiger partial charge in [0.2, 0.25) is 0 Å². The normalized spacial score (nSPS) is 36.9. The number of nitrogens with one attached hydrogen (secondary N) is 1. The molecule has 1 heterocycles. The van der Waals surface area contributed by atoms with E-state index < -0.39 is 6.10 Å². The zero-order valence-electron chi connectivity index (χ0n) is 17.0. The highest BCUT2D eigenvalue weighted by Crippen LogP contribution is 2.55. The van der Waals surface area contributed by atoms with Crippen molar-refractivity contribution in [2.75, 3.05) is 13.7 Å². The molecule has 5 nitrogen and oxygen atoms in total. The molecule has 28 heavy (non-hydrogen) atoms. The molecule has 2 fully saturated rings. The van der Waals surface area contributed by atoms with E-state index >= 15 is 0 Å². The Bertz CT molecular complexity index is 758. The minimum Gasteiger partial charge on any atom is -0.497 e. The van der Waals surface area contributed by atoms with Crippen LogP contribution in [0.2, 0.25) is 0 Å². The van der Waals surface area contributed by atoms with Crippen LogP contribution in [0.3, 0.4) is 0 Å². The van der Waals surface area contributed by atoms with Crippen molar-refractivity contribution in [2.45, 2.75) is 51.9 Å². The smallest absolute Gasteiger partial charge is 0.311 e. The summed E-state index contributed by atoms with van der Waals surface area (Å²) in [7, 11) is 1.65. The first-order valence-corrected chi connectivity index (χ1v) is 10.4. The fourth-order valence-corrected chi connectivity index (χ4v) is 5.41. The molecule has 4 rings (SSSR count). The number of hydrogen-bond donors (Lipinski definition) is 2. The Kier molecular flexibility index (Phi) is 5.23. The van der Waals surface area contributed by atoms with Crippen LogP contribution in [-0.2, 0) is 16.1 Å². The van der Waals surface area contributed by atoms with Crippen molar-refractivity contribution in [2.24, 2.45) is 23.2 Å². The van der Waals surface area contributed by atoms with Crippen LogP contribution in [0, 0.1) is 23.2 Å². The lowest BCUT2D eigenvalue weighted by atomic mass is 9.55. The van der Waals surface area contributed by atoms with Crippen molar-refractivity contribution in [3.05, 3.63) is 41.5 Å². The fourth-order valence-electron chi connectivity index (χ4n) is 5.41. The lowest BCUT2D eigenvalue weighted by Crippen LogP contribution is -2.54. The highest BCUT2D eigenvalue weighted by Gasteiger charge is 2.59. The van der Waals surface area contributed by atoms with Crippen LogP contribution in [0.5, 0.6) is 5.75 Å². The number of esters is 1. The number of rotatable bonds is 5. The summed E-state index contributed by atoms with van der Waals surface area (Å²) in [6.45, 7) is 5.59. The largest absolute Gasteiger partial charge is 0.497 e. The SMILES string of the molecule is COc1ccc(CNCC2C(=O)OC3CC4=CCCC(C)C4(C)C(O)C32)cc1. The van der Waals surface area contributed by atoms with Gasteiger partial charge in [-0.3, -0.25) is 4.79 Å². The van der Waals surface area contributed by atoms with E-state index in [-0.39, 0.29) is 29.3 Å². The number of hydrogen-bond acceptors (Lipinski definition) is 5. The summed E-state index contributed by atoms with van der Waals surface area (Å²) < 4.78 is 10.9. The molecule has 2 aliphatic carbocycles. The monoisotopic (exact) mass is 385 g/mol. The van der Waals surface area contributed by atoms with Crippen LogP contribution >= 0.6 is 0 Å². The second kappa shape index (κ2) is 7.53. The molecule has 0 aromatic heterocycles. The van der Waals surface area contributed by atoms with Crippen LogP contribution in [0.1, 0.15) is 38.7 Å². The average molecular weight is 386 g/mol. The number of benzene rings is 1. The quantitative estimate of drug-likeness (QED) is 0.602. The third-order valence-electron chi connectivity index (χ3n) is 7.42. The molecule has 6 unspecified atom stereocenters. The van der Waals surface area contributed by atoms with Gasteiger partial charge < -0.3 is 19.9 Å². The van der Waals surface area contributed by atoms with E-state index in [4.69, 9.17) is 9.47 Å². The van der Waals surface area contributed by atoms with Gasteiger partial charge >= 0.3 is 5.97 Å². The highest BCUT2D eigenvalue weighted by atomic mass is 16.6. The zero-order valence-corrected chi connectivity index (χ0v) is 17.0. The molecule has 0 spiro atoms. The molecule has 1 saturated carbocycles. The van der Waals surface area contributed by atoms with Crippen LogP contribution in [0.25, 0.3) is 0 Å². The molecule has 152 valence electrons. The van der Waals surface area contributed by atoms with Crippen molar-refractivity contribution in [1.29, 1.82) is 0 Å². The van der Waals surface area contributed by atoms with E-state index in [0.717, 1.165) is 30.6 Å². The van der Waals surface area contributed by atoms with E-state index in [2.05, 4.69) is 25.2 Å². The first-order chi connectivity index (χ1) is 13.4. The first-order valence-electron chi connectivity index (χ1n) is 10.4. The number of allylic oxidation sites excluding steroid dienone is 1. The number of ether oxygens (including phenoxy) is 2. The molecule has 0 bridgehead atoms. The van der Waals surface area contributed by atoms with Crippen LogP contribution in [0.4, 0.5) is 0 Å². The third kappa shape index (κ3) is 3.15. The summed E-state index contributed by atoms with van der Waals surface area (Å²) in [5.74, 6) is 0.623. The lowest BCUT2D eigenvalue weighted by Gasteiger charge is -2.51. The number of aliphatic hydroxyl groups excluding tert-OH is 1. The summed E-state index contributed by atoms with van der Waals surface area (Å²) in [6.07, 6.45) is 4.43. The predicted octanol–water partition coefficient (Wildman–Crippen LogP) is 3.07. The van der Waals surface area contributed by atoms with E-state index in [1.807, 2.05) is 24.3 Å². The van der Waals surface area contributed by atoms with E-state index in [1.54, 1.807) is 7.11 Å². The second-order valence-electron chi connectivity index (χ2n) is 8.78. The molecule has 1 aromatic carbocycles. The zero-order chi connectivity index (χ0) is 19.9. The van der Waals surface area contributed by atoms with Crippen molar-refractivity contribution >= 4 is 5.97 Å². The maximum Gasteiger partial charge on any atom is 0.311 e. The summed E-state index contributed by atoms with van der Waals surface area (Å²) in [6, 6.07) is 7.89. The Morgan fingerprint density at radius 1 is 1.32 bits per heavy atom. The topological polar surface area (TPSA) is 67.8 Å². The Labute approximate surface area is 167 Å². The molecule has 1 saturated heterocycles. The Balaban J connectivity index is 1.45. The van der Waals surface area contributed by atoms with Crippen LogP contribution in [0.15, 0.2) is 35.9 Å². The average Bonchev–Trinajstić information content (AvgIpc) is 3.00. The van der Waals surface area contributed by atoms with Gasteiger partial charge in [-0.25, -0.2) is 0 Å². The summed E-state index contributed by atoms with van der Waals surface area (Å²) >= 11 is 0. The molecule has 2 N–H and O–H groups in total. The van der Waals surface area contributed by atoms with Crippen molar-refractivity contribution in [3.63, 3.8) is 0 Å². The van der Waals surface area contributed by atoms with E-state index in [1.165, 1.54) is 5.57 Å². The van der Waals surface area contributed by atoms with Crippen LogP contribution in [-0.4, -0.2) is 36.9 Å². The van der Waals surface area contributed by atoms with Gasteiger partial charge in [-0.05, 0) is 36.5 Å².